The number of hydrogen-bond donors (Lipinski definition) is 2. The summed E-state index contributed by atoms with van der Waals surface area (Å²) in [5.74, 6) is 0.642. The molecule has 1 amide bonds. The highest BCUT2D eigenvalue weighted by molar-refractivity contribution is 5.47. The minimum atomic E-state index is -0.245. The third-order valence-electron chi connectivity index (χ3n) is 6.26. The Morgan fingerprint density at radius 2 is 1.88 bits per heavy atom. The van der Waals surface area contributed by atoms with Crippen molar-refractivity contribution in [1.29, 1.82) is 0 Å². The monoisotopic (exact) mass is 354 g/mol. The molecule has 0 aromatic carbocycles. The predicted octanol–water partition coefficient (Wildman–Crippen LogP) is 2.40. The van der Waals surface area contributed by atoms with Gasteiger partial charge in [0.25, 0.3) is 0 Å². The van der Waals surface area contributed by atoms with Crippen LogP contribution in [-0.2, 0) is 4.79 Å². The molecule has 1 saturated heterocycles. The van der Waals surface area contributed by atoms with E-state index in [2.05, 4.69) is 16.7 Å². The highest BCUT2D eigenvalue weighted by Gasteiger charge is 2.27. The van der Waals surface area contributed by atoms with Gasteiger partial charge in [0, 0.05) is 25.2 Å². The van der Waals surface area contributed by atoms with E-state index in [1.165, 1.54) is 32.1 Å². The maximum absolute atomic E-state index is 11.4. The highest BCUT2D eigenvalue weighted by atomic mass is 16.3. The van der Waals surface area contributed by atoms with E-state index in [1.807, 2.05) is 0 Å². The Balaban J connectivity index is 1.58. The van der Waals surface area contributed by atoms with Crippen LogP contribution in [0.3, 0.4) is 0 Å². The third kappa shape index (κ3) is 6.54. The van der Waals surface area contributed by atoms with Crippen molar-refractivity contribution in [2.24, 2.45) is 5.92 Å². The van der Waals surface area contributed by atoms with Crippen LogP contribution in [0.25, 0.3) is 0 Å². The average Bonchev–Trinajstić information content (AvgIpc) is 2.63. The molecule has 0 bridgehead atoms. The lowest BCUT2D eigenvalue weighted by Crippen LogP contribution is -2.46. The molecule has 146 valence electrons. The Morgan fingerprint density at radius 1 is 1.12 bits per heavy atom. The lowest BCUT2D eigenvalue weighted by atomic mass is 9.85. The number of aliphatic hydroxyl groups excluding tert-OH is 2. The van der Waals surface area contributed by atoms with Gasteiger partial charge in [0.05, 0.1) is 12.7 Å². The second kappa shape index (κ2) is 11.1. The zero-order valence-electron chi connectivity index (χ0n) is 16.0. The zero-order valence-corrected chi connectivity index (χ0v) is 16.0. The van der Waals surface area contributed by atoms with Gasteiger partial charge in [-0.2, -0.15) is 0 Å². The topological polar surface area (TPSA) is 64.0 Å². The Labute approximate surface area is 153 Å². The SMILES string of the molecule is CC1CCCCC1N(C=O)CCCCCCN1CCC(O)CC1CO. The van der Waals surface area contributed by atoms with Gasteiger partial charge >= 0.3 is 0 Å². The summed E-state index contributed by atoms with van der Waals surface area (Å²) in [5, 5.41) is 19.2. The molecule has 0 aromatic heterocycles. The van der Waals surface area contributed by atoms with Crippen LogP contribution in [0.4, 0.5) is 0 Å². The van der Waals surface area contributed by atoms with Crippen molar-refractivity contribution < 1.29 is 15.0 Å². The van der Waals surface area contributed by atoms with Crippen molar-refractivity contribution in [3.63, 3.8) is 0 Å². The molecule has 5 heteroatoms. The van der Waals surface area contributed by atoms with Crippen LogP contribution in [0.15, 0.2) is 0 Å². The summed E-state index contributed by atoms with van der Waals surface area (Å²) in [6.45, 7) is 5.23. The highest BCUT2D eigenvalue weighted by Crippen LogP contribution is 2.27. The van der Waals surface area contributed by atoms with E-state index in [1.54, 1.807) is 0 Å². The van der Waals surface area contributed by atoms with Crippen LogP contribution < -0.4 is 0 Å². The van der Waals surface area contributed by atoms with E-state index in [0.29, 0.717) is 18.4 Å². The summed E-state index contributed by atoms with van der Waals surface area (Å²) < 4.78 is 0. The maximum atomic E-state index is 11.4. The molecule has 2 aliphatic rings. The van der Waals surface area contributed by atoms with Crippen LogP contribution in [0.1, 0.15) is 71.1 Å². The number of likely N-dealkylation sites (tertiary alicyclic amines) is 1. The second-order valence-electron chi connectivity index (χ2n) is 8.14. The van der Waals surface area contributed by atoms with Gasteiger partial charge < -0.3 is 15.1 Å². The normalized spacial score (nSPS) is 31.0. The van der Waals surface area contributed by atoms with Crippen molar-refractivity contribution in [2.45, 2.75) is 89.3 Å². The van der Waals surface area contributed by atoms with E-state index in [-0.39, 0.29) is 18.8 Å². The fourth-order valence-electron chi connectivity index (χ4n) is 4.61. The van der Waals surface area contributed by atoms with E-state index < -0.39 is 0 Å². The molecule has 25 heavy (non-hydrogen) atoms. The third-order valence-corrected chi connectivity index (χ3v) is 6.26. The number of piperidine rings is 1. The van der Waals surface area contributed by atoms with Gasteiger partial charge in [-0.3, -0.25) is 9.69 Å². The first-order valence-electron chi connectivity index (χ1n) is 10.4. The molecule has 4 atom stereocenters. The van der Waals surface area contributed by atoms with Gasteiger partial charge in [-0.15, -0.1) is 0 Å². The van der Waals surface area contributed by atoms with Gasteiger partial charge in [0.2, 0.25) is 6.41 Å². The maximum Gasteiger partial charge on any atom is 0.209 e. The summed E-state index contributed by atoms with van der Waals surface area (Å²) in [7, 11) is 0. The van der Waals surface area contributed by atoms with Gasteiger partial charge in [0.1, 0.15) is 0 Å². The van der Waals surface area contributed by atoms with Gasteiger partial charge in [-0.05, 0) is 51.0 Å². The molecule has 5 nitrogen and oxygen atoms in total. The molecule has 0 aromatic rings. The van der Waals surface area contributed by atoms with E-state index in [4.69, 9.17) is 0 Å². The van der Waals surface area contributed by atoms with Crippen molar-refractivity contribution in [2.75, 3.05) is 26.2 Å². The Bertz CT molecular complexity index is 380. The van der Waals surface area contributed by atoms with Gasteiger partial charge in [0.15, 0.2) is 0 Å². The van der Waals surface area contributed by atoms with E-state index in [9.17, 15) is 15.0 Å². The number of hydrogen-bond acceptors (Lipinski definition) is 4. The number of carbonyl (C=O) groups excluding carboxylic acids is 1. The lowest BCUT2D eigenvalue weighted by Gasteiger charge is -2.37. The van der Waals surface area contributed by atoms with Crippen LogP contribution in [0.5, 0.6) is 0 Å². The number of nitrogens with zero attached hydrogens (tertiary/aromatic N) is 2. The molecule has 2 fully saturated rings. The summed E-state index contributed by atoms with van der Waals surface area (Å²) in [5.41, 5.74) is 0. The lowest BCUT2D eigenvalue weighted by molar-refractivity contribution is -0.122. The Hall–Kier alpha value is -0.650. The molecule has 4 unspecified atom stereocenters. The first kappa shape index (κ1) is 20.7. The quantitative estimate of drug-likeness (QED) is 0.467. The van der Waals surface area contributed by atoms with Gasteiger partial charge in [-0.25, -0.2) is 0 Å². The molecular formula is C20H38N2O3. The van der Waals surface area contributed by atoms with Gasteiger partial charge in [-0.1, -0.05) is 32.6 Å². The van der Waals surface area contributed by atoms with Crippen LogP contribution >= 0.6 is 0 Å². The molecule has 2 rings (SSSR count). The Morgan fingerprint density at radius 3 is 2.60 bits per heavy atom. The molecule has 1 aliphatic carbocycles. The first-order valence-corrected chi connectivity index (χ1v) is 10.4. The predicted molar refractivity (Wildman–Crippen MR) is 100 cm³/mol. The number of unbranched alkanes of at least 4 members (excludes halogenated alkanes) is 3. The number of amides is 1. The molecule has 1 aliphatic heterocycles. The standard InChI is InChI=1S/C20H38N2O3/c1-17-8-4-5-9-20(17)22(16-24)12-7-3-2-6-11-21-13-10-19(25)14-18(21)15-23/h16-20,23,25H,2-15H2,1H3. The molecule has 1 saturated carbocycles. The minimum absolute atomic E-state index is 0.127. The smallest absolute Gasteiger partial charge is 0.209 e. The fraction of sp³-hybridized carbons (Fsp3) is 0.950. The zero-order chi connectivity index (χ0) is 18.1. The summed E-state index contributed by atoms with van der Waals surface area (Å²) in [6.07, 6.45) is 11.9. The molecule has 0 radical (unpaired) electrons. The minimum Gasteiger partial charge on any atom is -0.395 e. The Kier molecular flexibility index (Phi) is 9.21. The van der Waals surface area contributed by atoms with Crippen molar-refractivity contribution in [3.05, 3.63) is 0 Å². The molecular weight excluding hydrogens is 316 g/mol. The van der Waals surface area contributed by atoms with Crippen molar-refractivity contribution in [3.8, 4) is 0 Å². The van der Waals surface area contributed by atoms with E-state index in [0.717, 1.165) is 51.7 Å². The largest absolute Gasteiger partial charge is 0.395 e. The molecule has 2 N–H and O–H groups in total. The summed E-state index contributed by atoms with van der Waals surface area (Å²) >= 11 is 0. The molecule has 0 spiro atoms. The average molecular weight is 355 g/mol. The number of carbonyl (C=O) groups is 1. The summed E-state index contributed by atoms with van der Waals surface area (Å²) in [6, 6.07) is 0.582. The van der Waals surface area contributed by atoms with Crippen molar-refractivity contribution in [1.82, 2.24) is 9.80 Å². The summed E-state index contributed by atoms with van der Waals surface area (Å²) in [4.78, 5) is 15.8. The first-order chi connectivity index (χ1) is 12.2. The number of rotatable bonds is 10. The fourth-order valence-corrected chi connectivity index (χ4v) is 4.61. The van der Waals surface area contributed by atoms with Crippen LogP contribution in [-0.4, -0.2) is 70.9 Å². The van der Waals surface area contributed by atoms with E-state index >= 15 is 0 Å². The molecule has 1 heterocycles. The van der Waals surface area contributed by atoms with Crippen LogP contribution in [0.2, 0.25) is 0 Å². The number of aliphatic hydroxyl groups is 2. The van der Waals surface area contributed by atoms with Crippen molar-refractivity contribution >= 4 is 6.41 Å². The second-order valence-corrected chi connectivity index (χ2v) is 8.14. The van der Waals surface area contributed by atoms with Crippen LogP contribution in [0, 0.1) is 5.92 Å².